The predicted octanol–water partition coefficient (Wildman–Crippen LogP) is 3.33. The molecule has 2 aromatic rings. The Bertz CT molecular complexity index is 860. The summed E-state index contributed by atoms with van der Waals surface area (Å²) < 4.78 is 11.0. The highest BCUT2D eigenvalue weighted by molar-refractivity contribution is 5.90. The van der Waals surface area contributed by atoms with Gasteiger partial charge in [0.1, 0.15) is 12.3 Å². The summed E-state index contributed by atoms with van der Waals surface area (Å²) >= 11 is 0. The van der Waals surface area contributed by atoms with Gasteiger partial charge < -0.3 is 24.4 Å². The summed E-state index contributed by atoms with van der Waals surface area (Å²) in [5, 5.41) is 7.08. The van der Waals surface area contributed by atoms with Gasteiger partial charge >= 0.3 is 6.03 Å². The Hall–Kier alpha value is -2.61. The SMILES string of the molecule is CCOc1ccccc1NC(=O)N(C)Cc1nc(C2CC23CCN(C)CC3)no1. The molecule has 1 aromatic carbocycles. The number of carbonyl (C=O) groups excluding carboxylic acids is 1. The number of nitrogens with one attached hydrogen (secondary N) is 1. The molecule has 156 valence electrons. The lowest BCUT2D eigenvalue weighted by Gasteiger charge is -2.29. The fourth-order valence-corrected chi connectivity index (χ4v) is 4.14. The van der Waals surface area contributed by atoms with Crippen LogP contribution in [0.2, 0.25) is 0 Å². The number of benzene rings is 1. The zero-order chi connectivity index (χ0) is 20.4. The molecular weight excluding hydrogens is 370 g/mol. The molecule has 29 heavy (non-hydrogen) atoms. The largest absolute Gasteiger partial charge is 0.492 e. The molecular formula is C21H29N5O3. The Kier molecular flexibility index (Phi) is 5.45. The zero-order valence-electron chi connectivity index (χ0n) is 17.4. The van der Waals surface area contributed by atoms with Crippen molar-refractivity contribution in [2.45, 2.75) is 38.6 Å². The lowest BCUT2D eigenvalue weighted by atomic mass is 9.91. The lowest BCUT2D eigenvalue weighted by molar-refractivity contribution is 0.199. The third kappa shape index (κ3) is 4.22. The van der Waals surface area contributed by atoms with Crippen molar-refractivity contribution in [1.29, 1.82) is 0 Å². The minimum absolute atomic E-state index is 0.255. The number of carbonyl (C=O) groups is 1. The number of aromatic nitrogens is 2. The maximum Gasteiger partial charge on any atom is 0.322 e. The quantitative estimate of drug-likeness (QED) is 0.802. The standard InChI is InChI=1S/C21H29N5O3/c1-4-28-17-8-6-5-7-16(17)22-20(27)26(3)14-18-23-19(24-29-18)15-13-21(15)9-11-25(2)12-10-21/h5-8,15H,4,9-14H2,1-3H3,(H,22,27). The van der Waals surface area contributed by atoms with E-state index in [2.05, 4.69) is 27.4 Å². The van der Waals surface area contributed by atoms with Crippen LogP contribution < -0.4 is 10.1 Å². The van der Waals surface area contributed by atoms with Crippen molar-refractivity contribution >= 4 is 11.7 Å². The molecule has 0 radical (unpaired) electrons. The summed E-state index contributed by atoms with van der Waals surface area (Å²) in [4.78, 5) is 21.0. The van der Waals surface area contributed by atoms with Crippen molar-refractivity contribution in [2.75, 3.05) is 39.1 Å². The second kappa shape index (κ2) is 8.02. The molecule has 8 nitrogen and oxygen atoms in total. The molecule has 4 rings (SSSR count). The van der Waals surface area contributed by atoms with Crippen molar-refractivity contribution < 1.29 is 14.1 Å². The van der Waals surface area contributed by atoms with Crippen LogP contribution in [0.4, 0.5) is 10.5 Å². The van der Waals surface area contributed by atoms with E-state index in [4.69, 9.17) is 9.26 Å². The van der Waals surface area contributed by atoms with Gasteiger partial charge in [-0.2, -0.15) is 4.98 Å². The van der Waals surface area contributed by atoms with Crippen LogP contribution in [0.15, 0.2) is 28.8 Å². The number of likely N-dealkylation sites (tertiary alicyclic amines) is 1. The van der Waals surface area contributed by atoms with Gasteiger partial charge in [0.15, 0.2) is 5.82 Å². The molecule has 1 spiro atoms. The first-order valence-corrected chi connectivity index (χ1v) is 10.3. The van der Waals surface area contributed by atoms with Crippen LogP contribution in [0.5, 0.6) is 5.75 Å². The average molecular weight is 399 g/mol. The molecule has 1 N–H and O–H groups in total. The molecule has 0 bridgehead atoms. The summed E-state index contributed by atoms with van der Waals surface area (Å²) in [5.74, 6) is 2.30. The van der Waals surface area contributed by atoms with Crippen molar-refractivity contribution in [2.24, 2.45) is 5.41 Å². The fraction of sp³-hybridized carbons (Fsp3) is 0.571. The van der Waals surface area contributed by atoms with Gasteiger partial charge in [-0.3, -0.25) is 0 Å². The molecule has 1 saturated carbocycles. The number of amides is 2. The fourth-order valence-electron chi connectivity index (χ4n) is 4.14. The van der Waals surface area contributed by atoms with Gasteiger partial charge in [0.2, 0.25) is 5.89 Å². The highest BCUT2D eigenvalue weighted by Gasteiger charge is 2.57. The Balaban J connectivity index is 1.34. The van der Waals surface area contributed by atoms with Crippen molar-refractivity contribution in [3.05, 3.63) is 36.0 Å². The molecule has 2 heterocycles. The molecule has 2 fully saturated rings. The van der Waals surface area contributed by atoms with E-state index in [1.54, 1.807) is 7.05 Å². The summed E-state index contributed by atoms with van der Waals surface area (Å²) in [6, 6.07) is 7.12. The lowest BCUT2D eigenvalue weighted by Crippen LogP contribution is -2.31. The van der Waals surface area contributed by atoms with Crippen LogP contribution >= 0.6 is 0 Å². The van der Waals surface area contributed by atoms with Gasteiger partial charge in [-0.05, 0) is 63.9 Å². The molecule has 1 aliphatic heterocycles. The summed E-state index contributed by atoms with van der Waals surface area (Å²) in [5.41, 5.74) is 1.000. The first-order valence-electron chi connectivity index (χ1n) is 10.3. The first-order chi connectivity index (χ1) is 14.0. The van der Waals surface area contributed by atoms with Gasteiger partial charge in [-0.1, -0.05) is 17.3 Å². The van der Waals surface area contributed by atoms with E-state index in [0.717, 1.165) is 25.3 Å². The highest BCUT2D eigenvalue weighted by Crippen LogP contribution is 2.64. The van der Waals surface area contributed by atoms with E-state index < -0.39 is 0 Å². The molecule has 1 unspecified atom stereocenters. The number of piperidine rings is 1. The minimum Gasteiger partial charge on any atom is -0.492 e. The van der Waals surface area contributed by atoms with Gasteiger partial charge in [0.05, 0.1) is 12.3 Å². The second-order valence-electron chi connectivity index (χ2n) is 8.18. The van der Waals surface area contributed by atoms with Crippen molar-refractivity contribution in [1.82, 2.24) is 19.9 Å². The van der Waals surface area contributed by atoms with E-state index in [1.807, 2.05) is 31.2 Å². The smallest absolute Gasteiger partial charge is 0.322 e. The highest BCUT2D eigenvalue weighted by atomic mass is 16.5. The number of ether oxygens (including phenoxy) is 1. The molecule has 1 atom stereocenters. The molecule has 1 aliphatic carbocycles. The van der Waals surface area contributed by atoms with E-state index >= 15 is 0 Å². The van der Waals surface area contributed by atoms with Crippen LogP contribution in [-0.4, -0.2) is 59.8 Å². The number of anilines is 1. The maximum atomic E-state index is 12.6. The van der Waals surface area contributed by atoms with Gasteiger partial charge in [-0.25, -0.2) is 4.79 Å². The number of rotatable bonds is 6. The number of hydrogen-bond donors (Lipinski definition) is 1. The van der Waals surface area contributed by atoms with Crippen molar-refractivity contribution in [3.63, 3.8) is 0 Å². The summed E-state index contributed by atoms with van der Waals surface area (Å²) in [7, 11) is 3.88. The predicted molar refractivity (Wildman–Crippen MR) is 109 cm³/mol. The van der Waals surface area contributed by atoms with Crippen LogP contribution in [0.1, 0.15) is 43.8 Å². The molecule has 1 aromatic heterocycles. The number of hydrogen-bond acceptors (Lipinski definition) is 6. The zero-order valence-corrected chi connectivity index (χ0v) is 17.4. The van der Waals surface area contributed by atoms with Gasteiger partial charge in [-0.15, -0.1) is 0 Å². The number of nitrogens with zero attached hydrogens (tertiary/aromatic N) is 4. The van der Waals surface area contributed by atoms with Gasteiger partial charge in [0.25, 0.3) is 0 Å². The number of urea groups is 1. The third-order valence-corrected chi connectivity index (χ3v) is 6.12. The van der Waals surface area contributed by atoms with E-state index in [0.29, 0.717) is 35.3 Å². The molecule has 2 amide bonds. The molecule has 8 heteroatoms. The normalized spacial score (nSPS) is 20.4. The number of para-hydroxylation sites is 2. The summed E-state index contributed by atoms with van der Waals surface area (Å²) in [6.07, 6.45) is 3.53. The monoisotopic (exact) mass is 399 g/mol. The topological polar surface area (TPSA) is 83.7 Å². The molecule has 1 saturated heterocycles. The average Bonchev–Trinajstić information content (AvgIpc) is 3.22. The van der Waals surface area contributed by atoms with Crippen LogP contribution in [0.25, 0.3) is 0 Å². The summed E-state index contributed by atoms with van der Waals surface area (Å²) in [6.45, 7) is 4.97. The Morgan fingerprint density at radius 2 is 2.14 bits per heavy atom. The van der Waals surface area contributed by atoms with Crippen molar-refractivity contribution in [3.8, 4) is 5.75 Å². The maximum absolute atomic E-state index is 12.6. The molecule has 2 aliphatic rings. The minimum atomic E-state index is -0.255. The Morgan fingerprint density at radius 1 is 1.38 bits per heavy atom. The van der Waals surface area contributed by atoms with Crippen LogP contribution in [-0.2, 0) is 6.54 Å². The van der Waals surface area contributed by atoms with E-state index in [-0.39, 0.29) is 12.6 Å². The van der Waals surface area contributed by atoms with Gasteiger partial charge in [0, 0.05) is 13.0 Å². The third-order valence-electron chi connectivity index (χ3n) is 6.12. The van der Waals surface area contributed by atoms with E-state index in [1.165, 1.54) is 17.7 Å². The van der Waals surface area contributed by atoms with Crippen LogP contribution in [0.3, 0.4) is 0 Å². The first kappa shape index (κ1) is 19.7. The van der Waals surface area contributed by atoms with E-state index in [9.17, 15) is 4.79 Å². The Labute approximate surface area is 171 Å². The second-order valence-corrected chi connectivity index (χ2v) is 8.18. The Morgan fingerprint density at radius 3 is 2.90 bits per heavy atom. The van der Waals surface area contributed by atoms with Crippen LogP contribution in [0, 0.1) is 5.41 Å².